The lowest BCUT2D eigenvalue weighted by molar-refractivity contribution is 0.332. The Kier molecular flexibility index (Phi) is 4.46. The Morgan fingerprint density at radius 2 is 1.90 bits per heavy atom. The molecule has 0 heterocycles. The van der Waals surface area contributed by atoms with Crippen LogP contribution in [0, 0.1) is 24.2 Å². The van der Waals surface area contributed by atoms with Crippen molar-refractivity contribution in [3.63, 3.8) is 0 Å². The number of hydrogen-bond donors (Lipinski definition) is 1. The second-order valence-electron chi connectivity index (χ2n) is 5.67. The van der Waals surface area contributed by atoms with Crippen molar-refractivity contribution in [1.29, 1.82) is 5.26 Å². The normalized spacial score (nSPS) is 23.2. The first-order valence-electron chi connectivity index (χ1n) is 6.95. The molecular weight excluding hydrogens is 272 g/mol. The Labute approximate surface area is 120 Å². The van der Waals surface area contributed by atoms with Crippen LogP contribution in [0.3, 0.4) is 0 Å². The lowest BCUT2D eigenvalue weighted by Crippen LogP contribution is -2.37. The molecular formula is C15H20N2O2S. The van der Waals surface area contributed by atoms with Gasteiger partial charge in [-0.15, -0.1) is 0 Å². The van der Waals surface area contributed by atoms with Crippen LogP contribution in [-0.2, 0) is 10.0 Å². The SMILES string of the molecule is Cc1cc(S(=O)(=O)NC2CCC(C)CC2)ccc1C#N. The first-order chi connectivity index (χ1) is 9.42. The van der Waals surface area contributed by atoms with Crippen molar-refractivity contribution in [3.8, 4) is 6.07 Å². The molecule has 0 amide bonds. The molecule has 1 aromatic rings. The topological polar surface area (TPSA) is 70.0 Å². The minimum absolute atomic E-state index is 0.0344. The number of rotatable bonds is 3. The number of sulfonamides is 1. The number of benzene rings is 1. The Morgan fingerprint density at radius 3 is 2.45 bits per heavy atom. The summed E-state index contributed by atoms with van der Waals surface area (Å²) in [5.74, 6) is 0.688. The van der Waals surface area contributed by atoms with E-state index in [9.17, 15) is 8.42 Å². The van der Waals surface area contributed by atoms with Crippen LogP contribution in [0.15, 0.2) is 23.1 Å². The molecule has 20 heavy (non-hydrogen) atoms. The van der Waals surface area contributed by atoms with Crippen LogP contribution in [0.5, 0.6) is 0 Å². The maximum atomic E-state index is 12.3. The summed E-state index contributed by atoms with van der Waals surface area (Å²) in [4.78, 5) is 0.243. The zero-order valence-electron chi connectivity index (χ0n) is 11.9. The fourth-order valence-electron chi connectivity index (χ4n) is 2.59. The lowest BCUT2D eigenvalue weighted by atomic mass is 9.88. The Bertz CT molecular complexity index is 624. The average Bonchev–Trinajstić information content (AvgIpc) is 2.41. The second-order valence-corrected chi connectivity index (χ2v) is 7.38. The highest BCUT2D eigenvalue weighted by atomic mass is 32.2. The first-order valence-corrected chi connectivity index (χ1v) is 8.44. The molecule has 0 aliphatic heterocycles. The number of nitrogens with zero attached hydrogens (tertiary/aromatic N) is 1. The Hall–Kier alpha value is -1.38. The van der Waals surface area contributed by atoms with Gasteiger partial charge in [-0.3, -0.25) is 0 Å². The van der Waals surface area contributed by atoms with Crippen LogP contribution in [0.1, 0.15) is 43.7 Å². The molecule has 5 heteroatoms. The number of nitrogens with one attached hydrogen (secondary N) is 1. The predicted octanol–water partition coefficient (Wildman–Crippen LogP) is 2.72. The molecule has 1 fully saturated rings. The summed E-state index contributed by atoms with van der Waals surface area (Å²) in [6, 6.07) is 6.70. The first kappa shape index (κ1) is 15.0. The Morgan fingerprint density at radius 1 is 1.25 bits per heavy atom. The molecule has 2 rings (SSSR count). The summed E-state index contributed by atoms with van der Waals surface area (Å²) in [6.07, 6.45) is 3.94. The van der Waals surface area contributed by atoms with E-state index < -0.39 is 10.0 Å². The molecule has 0 unspecified atom stereocenters. The summed E-state index contributed by atoms with van der Waals surface area (Å²) in [5, 5.41) is 8.88. The maximum absolute atomic E-state index is 12.3. The van der Waals surface area contributed by atoms with Gasteiger partial charge in [-0.05, 0) is 62.3 Å². The van der Waals surface area contributed by atoms with E-state index in [1.165, 1.54) is 6.07 Å². The fourth-order valence-corrected chi connectivity index (χ4v) is 3.98. The predicted molar refractivity (Wildman–Crippen MR) is 77.6 cm³/mol. The summed E-state index contributed by atoms with van der Waals surface area (Å²) >= 11 is 0. The van der Waals surface area contributed by atoms with E-state index >= 15 is 0 Å². The Balaban J connectivity index is 2.14. The van der Waals surface area contributed by atoms with Crippen LogP contribution in [0.4, 0.5) is 0 Å². The van der Waals surface area contributed by atoms with E-state index in [0.29, 0.717) is 17.0 Å². The zero-order valence-corrected chi connectivity index (χ0v) is 12.7. The van der Waals surface area contributed by atoms with Crippen LogP contribution in [0.25, 0.3) is 0 Å². The third-order valence-electron chi connectivity index (χ3n) is 3.97. The number of nitriles is 1. The summed E-state index contributed by atoms with van der Waals surface area (Å²) in [5.41, 5.74) is 1.20. The third-order valence-corrected chi connectivity index (χ3v) is 5.48. The van der Waals surface area contributed by atoms with Gasteiger partial charge < -0.3 is 0 Å². The van der Waals surface area contributed by atoms with E-state index in [4.69, 9.17) is 5.26 Å². The van der Waals surface area contributed by atoms with Gasteiger partial charge in [0, 0.05) is 6.04 Å². The van der Waals surface area contributed by atoms with Gasteiger partial charge in [-0.25, -0.2) is 13.1 Å². The van der Waals surface area contributed by atoms with Crippen LogP contribution in [-0.4, -0.2) is 14.5 Å². The molecule has 1 N–H and O–H groups in total. The van der Waals surface area contributed by atoms with E-state index in [0.717, 1.165) is 25.7 Å². The zero-order chi connectivity index (χ0) is 14.8. The smallest absolute Gasteiger partial charge is 0.208 e. The maximum Gasteiger partial charge on any atom is 0.240 e. The molecule has 1 aromatic carbocycles. The molecule has 0 spiro atoms. The molecule has 1 saturated carbocycles. The van der Waals surface area contributed by atoms with Gasteiger partial charge in [0.1, 0.15) is 0 Å². The lowest BCUT2D eigenvalue weighted by Gasteiger charge is -2.26. The molecule has 0 bridgehead atoms. The van der Waals surface area contributed by atoms with Gasteiger partial charge in [0.15, 0.2) is 0 Å². The van der Waals surface area contributed by atoms with Gasteiger partial charge in [-0.2, -0.15) is 5.26 Å². The molecule has 0 saturated heterocycles. The van der Waals surface area contributed by atoms with Crippen molar-refractivity contribution >= 4 is 10.0 Å². The van der Waals surface area contributed by atoms with Crippen molar-refractivity contribution in [2.75, 3.05) is 0 Å². The highest BCUT2D eigenvalue weighted by Gasteiger charge is 2.24. The molecule has 108 valence electrons. The molecule has 0 aromatic heterocycles. The third kappa shape index (κ3) is 3.38. The summed E-state index contributed by atoms with van der Waals surface area (Å²) in [6.45, 7) is 3.95. The van der Waals surface area contributed by atoms with Gasteiger partial charge in [0.05, 0.1) is 16.5 Å². The highest BCUT2D eigenvalue weighted by Crippen LogP contribution is 2.25. The van der Waals surface area contributed by atoms with E-state index in [2.05, 4.69) is 11.6 Å². The van der Waals surface area contributed by atoms with Crippen molar-refractivity contribution in [2.24, 2.45) is 5.92 Å². The van der Waals surface area contributed by atoms with Crippen molar-refractivity contribution in [1.82, 2.24) is 4.72 Å². The van der Waals surface area contributed by atoms with Crippen molar-refractivity contribution in [2.45, 2.75) is 50.5 Å². The molecule has 0 atom stereocenters. The average molecular weight is 292 g/mol. The standard InChI is InChI=1S/C15H20N2O2S/c1-11-3-6-14(7-4-11)17-20(18,19)15-8-5-13(10-16)12(2)9-15/h5,8-9,11,14,17H,3-4,6-7H2,1-2H3. The van der Waals surface area contributed by atoms with Crippen LogP contribution < -0.4 is 4.72 Å². The van der Waals surface area contributed by atoms with E-state index in [-0.39, 0.29) is 10.9 Å². The van der Waals surface area contributed by atoms with E-state index in [1.54, 1.807) is 19.1 Å². The largest absolute Gasteiger partial charge is 0.240 e. The van der Waals surface area contributed by atoms with Gasteiger partial charge in [0.2, 0.25) is 10.0 Å². The number of hydrogen-bond acceptors (Lipinski definition) is 3. The highest BCUT2D eigenvalue weighted by molar-refractivity contribution is 7.89. The summed E-state index contributed by atoms with van der Waals surface area (Å²) in [7, 11) is -3.48. The van der Waals surface area contributed by atoms with Crippen molar-refractivity contribution < 1.29 is 8.42 Å². The molecule has 4 nitrogen and oxygen atoms in total. The van der Waals surface area contributed by atoms with Gasteiger partial charge in [-0.1, -0.05) is 6.92 Å². The molecule has 0 radical (unpaired) electrons. The minimum Gasteiger partial charge on any atom is -0.208 e. The number of aryl methyl sites for hydroxylation is 1. The van der Waals surface area contributed by atoms with Crippen LogP contribution >= 0.6 is 0 Å². The molecule has 1 aliphatic rings. The monoisotopic (exact) mass is 292 g/mol. The quantitative estimate of drug-likeness (QED) is 0.931. The summed E-state index contributed by atoms with van der Waals surface area (Å²) < 4.78 is 27.5. The molecule has 1 aliphatic carbocycles. The van der Waals surface area contributed by atoms with Crippen LogP contribution in [0.2, 0.25) is 0 Å². The second kappa shape index (κ2) is 5.94. The van der Waals surface area contributed by atoms with Crippen molar-refractivity contribution in [3.05, 3.63) is 29.3 Å². The van der Waals surface area contributed by atoms with Gasteiger partial charge in [0.25, 0.3) is 0 Å². The van der Waals surface area contributed by atoms with Gasteiger partial charge >= 0.3 is 0 Å². The minimum atomic E-state index is -3.48. The van der Waals surface area contributed by atoms with E-state index in [1.807, 2.05) is 6.07 Å². The fraction of sp³-hybridized carbons (Fsp3) is 0.533.